The van der Waals surface area contributed by atoms with Crippen molar-refractivity contribution in [3.8, 4) is 0 Å². The van der Waals surface area contributed by atoms with E-state index in [-0.39, 0.29) is 13.2 Å². The molecule has 0 spiro atoms. The van der Waals surface area contributed by atoms with E-state index in [9.17, 15) is 14.7 Å². The van der Waals surface area contributed by atoms with Gasteiger partial charge in [-0.2, -0.15) is 0 Å². The minimum absolute atomic E-state index is 0.0645. The molecule has 1 saturated carbocycles. The molecule has 0 unspecified atom stereocenters. The number of ether oxygens (including phenoxy) is 1. The lowest BCUT2D eigenvalue weighted by molar-refractivity contribution is -0.151. The predicted octanol–water partition coefficient (Wildman–Crippen LogP) is 2.33. The Balaban J connectivity index is 1.78. The topological polar surface area (TPSA) is 75.6 Å². The van der Waals surface area contributed by atoms with Gasteiger partial charge in [0, 0.05) is 6.54 Å². The van der Waals surface area contributed by atoms with Crippen LogP contribution >= 0.6 is 0 Å². The van der Waals surface area contributed by atoms with E-state index in [1.54, 1.807) is 0 Å². The Morgan fingerprint density at radius 3 is 2.50 bits per heavy atom. The zero-order chi connectivity index (χ0) is 14.6. The van der Waals surface area contributed by atoms with E-state index in [1.165, 1.54) is 0 Å². The summed E-state index contributed by atoms with van der Waals surface area (Å²) in [5, 5.41) is 11.7. The Morgan fingerprint density at radius 1 is 1.30 bits per heavy atom. The van der Waals surface area contributed by atoms with Crippen LogP contribution < -0.4 is 5.32 Å². The molecule has 0 atom stereocenters. The van der Waals surface area contributed by atoms with Gasteiger partial charge in [0.15, 0.2) is 0 Å². The number of alkyl carbamates (subject to hydrolysis) is 1. The number of nitrogens with one attached hydrogen (secondary N) is 1. The number of allylic oxidation sites excluding steroid dienone is 1. The molecule has 1 aromatic carbocycles. The number of rotatable bonds is 5. The molecular weight excluding hydrogens is 258 g/mol. The number of hydrogen-bond donors (Lipinski definition) is 2. The molecule has 2 N–H and O–H groups in total. The fraction of sp³-hybridized carbons (Fsp3) is 0.333. The van der Waals surface area contributed by atoms with Gasteiger partial charge in [-0.05, 0) is 18.4 Å². The van der Waals surface area contributed by atoms with Gasteiger partial charge in [0.05, 0.1) is 5.41 Å². The first-order chi connectivity index (χ1) is 9.52. The fourth-order valence-corrected chi connectivity index (χ4v) is 2.27. The highest BCUT2D eigenvalue weighted by atomic mass is 16.5. The molecular formula is C15H17NO4. The van der Waals surface area contributed by atoms with Crippen LogP contribution in [-0.2, 0) is 16.1 Å². The summed E-state index contributed by atoms with van der Waals surface area (Å²) in [6, 6.07) is 9.29. The average Bonchev–Trinajstić information content (AvgIpc) is 2.40. The van der Waals surface area contributed by atoms with Crippen molar-refractivity contribution in [2.24, 2.45) is 5.41 Å². The van der Waals surface area contributed by atoms with Gasteiger partial charge in [0.2, 0.25) is 0 Å². The lowest BCUT2D eigenvalue weighted by Gasteiger charge is -2.39. The third kappa shape index (κ3) is 3.17. The molecule has 2 rings (SSSR count). The number of benzene rings is 1. The van der Waals surface area contributed by atoms with Crippen LogP contribution in [0.5, 0.6) is 0 Å². The SMILES string of the molecule is C=C1CC(CNC(=O)OCc2ccccc2)(C(=O)O)C1. The number of carbonyl (C=O) groups excluding carboxylic acids is 1. The maximum absolute atomic E-state index is 11.6. The summed E-state index contributed by atoms with van der Waals surface area (Å²) in [7, 11) is 0. The Bertz CT molecular complexity index is 516. The van der Waals surface area contributed by atoms with Crippen LogP contribution in [0, 0.1) is 5.41 Å². The second kappa shape index (κ2) is 5.77. The van der Waals surface area contributed by atoms with Crippen LogP contribution in [0.4, 0.5) is 4.79 Å². The summed E-state index contributed by atoms with van der Waals surface area (Å²) in [5.41, 5.74) is 0.863. The molecule has 0 heterocycles. The van der Waals surface area contributed by atoms with E-state index < -0.39 is 17.5 Å². The standard InChI is InChI=1S/C15H17NO4/c1-11-7-15(8-11,13(17)18)10-16-14(19)20-9-12-5-3-2-4-6-12/h2-6H,1,7-10H2,(H,16,19)(H,17,18). The molecule has 0 saturated heterocycles. The molecule has 1 aromatic rings. The Labute approximate surface area is 117 Å². The molecule has 0 radical (unpaired) electrons. The Morgan fingerprint density at radius 2 is 1.95 bits per heavy atom. The van der Waals surface area contributed by atoms with E-state index in [4.69, 9.17) is 4.74 Å². The second-order valence-corrected chi connectivity index (χ2v) is 5.10. The van der Waals surface area contributed by atoms with Gasteiger partial charge in [-0.15, -0.1) is 0 Å². The number of hydrogen-bond acceptors (Lipinski definition) is 3. The van der Waals surface area contributed by atoms with Gasteiger partial charge in [-0.3, -0.25) is 4.79 Å². The summed E-state index contributed by atoms with van der Waals surface area (Å²) in [6.07, 6.45) is 0.203. The van der Waals surface area contributed by atoms with Crippen LogP contribution in [0.3, 0.4) is 0 Å². The summed E-state index contributed by atoms with van der Waals surface area (Å²) < 4.78 is 5.03. The van der Waals surface area contributed by atoms with E-state index >= 15 is 0 Å². The monoisotopic (exact) mass is 275 g/mol. The molecule has 106 valence electrons. The minimum atomic E-state index is -0.914. The van der Waals surface area contributed by atoms with Gasteiger partial charge in [0.25, 0.3) is 0 Å². The number of aliphatic carboxylic acids is 1. The van der Waals surface area contributed by atoms with Crippen molar-refractivity contribution >= 4 is 12.1 Å². The van der Waals surface area contributed by atoms with Gasteiger partial charge in [-0.25, -0.2) is 4.79 Å². The zero-order valence-corrected chi connectivity index (χ0v) is 11.1. The highest BCUT2D eigenvalue weighted by molar-refractivity contribution is 5.79. The first kappa shape index (κ1) is 14.1. The predicted molar refractivity (Wildman–Crippen MR) is 73.1 cm³/mol. The minimum Gasteiger partial charge on any atom is -0.481 e. The van der Waals surface area contributed by atoms with Crippen molar-refractivity contribution < 1.29 is 19.4 Å². The lowest BCUT2D eigenvalue weighted by Crippen LogP contribution is -2.48. The third-order valence-electron chi connectivity index (χ3n) is 3.41. The van der Waals surface area contributed by atoms with Crippen molar-refractivity contribution in [2.45, 2.75) is 19.4 Å². The Hall–Kier alpha value is -2.30. The van der Waals surface area contributed by atoms with Crippen LogP contribution in [-0.4, -0.2) is 23.7 Å². The third-order valence-corrected chi connectivity index (χ3v) is 3.41. The molecule has 0 bridgehead atoms. The highest BCUT2D eigenvalue weighted by Gasteiger charge is 2.46. The van der Waals surface area contributed by atoms with Gasteiger partial charge in [-0.1, -0.05) is 42.5 Å². The summed E-state index contributed by atoms with van der Waals surface area (Å²) >= 11 is 0. The first-order valence-corrected chi connectivity index (χ1v) is 6.36. The van der Waals surface area contributed by atoms with Crippen molar-refractivity contribution in [1.29, 1.82) is 0 Å². The molecule has 1 aliphatic rings. The van der Waals surface area contributed by atoms with Crippen molar-refractivity contribution in [1.82, 2.24) is 5.32 Å². The van der Waals surface area contributed by atoms with Crippen molar-refractivity contribution in [3.05, 3.63) is 48.0 Å². The lowest BCUT2D eigenvalue weighted by atomic mass is 9.66. The first-order valence-electron chi connectivity index (χ1n) is 6.36. The van der Waals surface area contributed by atoms with Crippen molar-refractivity contribution in [3.63, 3.8) is 0 Å². The molecule has 0 aliphatic heterocycles. The van der Waals surface area contributed by atoms with Crippen LogP contribution in [0.1, 0.15) is 18.4 Å². The summed E-state index contributed by atoms with van der Waals surface area (Å²) in [4.78, 5) is 22.8. The number of amides is 1. The molecule has 20 heavy (non-hydrogen) atoms. The van der Waals surface area contributed by atoms with E-state index in [0.29, 0.717) is 12.8 Å². The molecule has 5 nitrogen and oxygen atoms in total. The number of carbonyl (C=O) groups is 2. The van der Waals surface area contributed by atoms with E-state index in [1.807, 2.05) is 30.3 Å². The molecule has 5 heteroatoms. The van der Waals surface area contributed by atoms with E-state index in [2.05, 4.69) is 11.9 Å². The Kier molecular flexibility index (Phi) is 4.08. The average molecular weight is 275 g/mol. The van der Waals surface area contributed by atoms with Gasteiger partial charge in [0.1, 0.15) is 6.61 Å². The molecule has 1 fully saturated rings. The quantitative estimate of drug-likeness (QED) is 0.809. The normalized spacial score (nSPS) is 16.1. The van der Waals surface area contributed by atoms with Crippen molar-refractivity contribution in [2.75, 3.05) is 6.54 Å². The van der Waals surface area contributed by atoms with Crippen LogP contribution in [0.2, 0.25) is 0 Å². The maximum atomic E-state index is 11.6. The summed E-state index contributed by atoms with van der Waals surface area (Å²) in [5.74, 6) is -0.909. The smallest absolute Gasteiger partial charge is 0.407 e. The molecule has 1 aliphatic carbocycles. The highest BCUT2D eigenvalue weighted by Crippen LogP contribution is 2.44. The largest absolute Gasteiger partial charge is 0.481 e. The van der Waals surface area contributed by atoms with E-state index in [0.717, 1.165) is 11.1 Å². The molecule has 0 aromatic heterocycles. The van der Waals surface area contributed by atoms with Crippen LogP contribution in [0.15, 0.2) is 42.5 Å². The zero-order valence-electron chi connectivity index (χ0n) is 11.1. The second-order valence-electron chi connectivity index (χ2n) is 5.10. The summed E-state index contributed by atoms with van der Waals surface area (Å²) in [6.45, 7) is 3.96. The number of carboxylic acid groups (broad SMARTS) is 1. The van der Waals surface area contributed by atoms with Gasteiger partial charge < -0.3 is 15.2 Å². The fourth-order valence-electron chi connectivity index (χ4n) is 2.27. The molecule has 1 amide bonds. The van der Waals surface area contributed by atoms with Crippen LogP contribution in [0.25, 0.3) is 0 Å². The van der Waals surface area contributed by atoms with Gasteiger partial charge >= 0.3 is 12.1 Å². The maximum Gasteiger partial charge on any atom is 0.407 e. The number of carboxylic acids is 1.